The first-order valence-corrected chi connectivity index (χ1v) is 16.2. The third-order valence-electron chi connectivity index (χ3n) is 6.96. The van der Waals surface area contributed by atoms with Gasteiger partial charge in [-0.05, 0) is 57.0 Å². The van der Waals surface area contributed by atoms with Gasteiger partial charge in [-0.15, -0.1) is 5.01 Å². The van der Waals surface area contributed by atoms with Crippen molar-refractivity contribution in [3.8, 4) is 16.9 Å². The molecule has 1 unspecified atom stereocenters. The molecule has 48 heavy (non-hydrogen) atoms. The molecule has 0 saturated heterocycles. The summed E-state index contributed by atoms with van der Waals surface area (Å²) in [5.41, 5.74) is 0.465. The molecule has 0 saturated carbocycles. The molecule has 18 heteroatoms. The molecule has 0 bridgehead atoms. The van der Waals surface area contributed by atoms with Crippen molar-refractivity contribution in [1.29, 1.82) is 0 Å². The van der Waals surface area contributed by atoms with Crippen molar-refractivity contribution < 1.29 is 50.5 Å². The lowest BCUT2D eigenvalue weighted by molar-refractivity contribution is -0.713. The van der Waals surface area contributed by atoms with Crippen LogP contribution in [-0.4, -0.2) is 65.7 Å². The minimum atomic E-state index is -4.73. The number of hydrazine groups is 1. The van der Waals surface area contributed by atoms with Crippen molar-refractivity contribution in [2.45, 2.75) is 77.5 Å². The van der Waals surface area contributed by atoms with E-state index in [1.807, 2.05) is 11.6 Å². The van der Waals surface area contributed by atoms with E-state index < -0.39 is 58.3 Å². The number of rotatable bonds is 13. The highest BCUT2D eigenvalue weighted by Gasteiger charge is 2.37. The van der Waals surface area contributed by atoms with E-state index in [1.165, 1.54) is 26.1 Å². The fraction of sp³-hybridized carbons (Fsp3) is 0.433. The van der Waals surface area contributed by atoms with Gasteiger partial charge in [0.15, 0.2) is 11.7 Å². The molecule has 14 nitrogen and oxygen atoms in total. The topological polar surface area (TPSA) is 167 Å². The summed E-state index contributed by atoms with van der Waals surface area (Å²) >= 11 is 0. The Hall–Kier alpha value is -4.87. The Labute approximate surface area is 275 Å². The van der Waals surface area contributed by atoms with Crippen molar-refractivity contribution >= 4 is 22.1 Å². The molecule has 0 fully saturated rings. The molecule has 1 N–H and O–H groups in total. The zero-order valence-electron chi connectivity index (χ0n) is 27.3. The lowest BCUT2D eigenvalue weighted by Crippen LogP contribution is -2.52. The Kier molecular flexibility index (Phi) is 12.0. The van der Waals surface area contributed by atoms with Gasteiger partial charge in [-0.2, -0.15) is 18.3 Å². The maximum atomic E-state index is 13.6. The average molecular weight is 699 g/mol. The molecule has 3 aromatic rings. The SMILES string of the molecule is CC[C@@H](C)[C@@H](C(=O)NS(=O)(=O)c1ccc(-n2nc(C(F)(F)F)cc2-c2ccc(C)cc2)cc1)N(C)[N+]([O-])=NOC(C)OC(=O)OC(C)C. The summed E-state index contributed by atoms with van der Waals surface area (Å²) in [5, 5.41) is 20.5. The lowest BCUT2D eigenvalue weighted by Gasteiger charge is -2.27. The number of carbonyl (C=O) groups is 2. The number of alkyl halides is 3. The minimum absolute atomic E-state index is 0.101. The van der Waals surface area contributed by atoms with E-state index >= 15 is 0 Å². The molecule has 0 spiro atoms. The van der Waals surface area contributed by atoms with Crippen LogP contribution in [0.5, 0.6) is 0 Å². The zero-order valence-corrected chi connectivity index (χ0v) is 28.1. The number of hydrogen-bond donors (Lipinski definition) is 1. The van der Waals surface area contributed by atoms with Gasteiger partial charge in [0.2, 0.25) is 5.28 Å². The summed E-state index contributed by atoms with van der Waals surface area (Å²) < 4.78 is 79.8. The number of nitrogens with zero attached hydrogens (tertiary/aromatic N) is 5. The highest BCUT2D eigenvalue weighted by molar-refractivity contribution is 7.90. The van der Waals surface area contributed by atoms with Gasteiger partial charge in [-0.1, -0.05) is 50.1 Å². The fourth-order valence-electron chi connectivity index (χ4n) is 4.33. The van der Waals surface area contributed by atoms with Crippen LogP contribution in [-0.2, 0) is 35.3 Å². The number of nitrogens with one attached hydrogen (secondary N) is 1. The maximum Gasteiger partial charge on any atom is 0.511 e. The monoisotopic (exact) mass is 698 g/mol. The second-order valence-electron chi connectivity index (χ2n) is 11.1. The quantitative estimate of drug-likeness (QED) is 0.0765. The summed E-state index contributed by atoms with van der Waals surface area (Å²) in [7, 11) is -3.35. The van der Waals surface area contributed by atoms with Crippen molar-refractivity contribution in [2.24, 2.45) is 11.2 Å². The van der Waals surface area contributed by atoms with E-state index in [4.69, 9.17) is 14.3 Å². The van der Waals surface area contributed by atoms with E-state index in [9.17, 15) is 36.4 Å². The number of benzene rings is 2. The Bertz CT molecular complexity index is 1710. The number of halogens is 3. The molecule has 2 aromatic carbocycles. The number of carbonyl (C=O) groups excluding carboxylic acids is 2. The van der Waals surface area contributed by atoms with Crippen LogP contribution in [0.15, 0.2) is 64.8 Å². The van der Waals surface area contributed by atoms with Crippen molar-refractivity contribution in [3.05, 3.63) is 71.1 Å². The molecule has 0 radical (unpaired) electrons. The standard InChI is InChI=1S/C30H37F3N6O8S/c1-8-20(5)27(37(7)39(42)36-47-21(6)46-29(41)45-18(2)3)28(40)35-48(43,44)24-15-13-23(14-16-24)38-25(17-26(34-38)30(31,32)33)22-11-9-19(4)10-12-22/h9-18,20-21,27H,8H2,1-7H3,(H,35,40)/t20-,21?,27+/m1/s1. The van der Waals surface area contributed by atoms with Gasteiger partial charge in [-0.3, -0.25) is 9.63 Å². The molecule has 0 aliphatic rings. The first-order valence-electron chi connectivity index (χ1n) is 14.7. The summed E-state index contributed by atoms with van der Waals surface area (Å²) in [4.78, 5) is 29.3. The molecule has 0 aliphatic carbocycles. The summed E-state index contributed by atoms with van der Waals surface area (Å²) in [5.74, 6) is -1.64. The molecule has 3 atom stereocenters. The van der Waals surface area contributed by atoms with E-state index in [2.05, 4.69) is 10.4 Å². The Morgan fingerprint density at radius 1 is 1.06 bits per heavy atom. The van der Waals surface area contributed by atoms with Gasteiger partial charge >= 0.3 is 12.3 Å². The maximum absolute atomic E-state index is 13.6. The van der Waals surface area contributed by atoms with Crippen LogP contribution in [0.25, 0.3) is 16.9 Å². The molecule has 1 aromatic heterocycles. The van der Waals surface area contributed by atoms with Gasteiger partial charge < -0.3 is 14.7 Å². The average Bonchev–Trinajstić information content (AvgIpc) is 3.46. The molecular weight excluding hydrogens is 661 g/mol. The summed E-state index contributed by atoms with van der Waals surface area (Å²) in [6.45, 7) is 9.61. The number of aromatic nitrogens is 2. The second-order valence-corrected chi connectivity index (χ2v) is 12.8. The summed E-state index contributed by atoms with van der Waals surface area (Å²) in [6.07, 6.45) is -7.25. The molecule has 3 rings (SSSR count). The molecule has 1 amide bonds. The van der Waals surface area contributed by atoms with Crippen LogP contribution >= 0.6 is 0 Å². The number of ether oxygens (including phenoxy) is 2. The lowest BCUT2D eigenvalue weighted by atomic mass is 9.98. The van der Waals surface area contributed by atoms with Crippen LogP contribution in [0.4, 0.5) is 18.0 Å². The second kappa shape index (κ2) is 15.4. The fourth-order valence-corrected chi connectivity index (χ4v) is 5.33. The minimum Gasteiger partial charge on any atom is -0.569 e. The van der Waals surface area contributed by atoms with Gasteiger partial charge in [-0.25, -0.2) is 22.6 Å². The Morgan fingerprint density at radius 2 is 1.67 bits per heavy atom. The number of aryl methyl sites for hydroxylation is 1. The first-order chi connectivity index (χ1) is 22.3. The molecule has 1 heterocycles. The van der Waals surface area contributed by atoms with Crippen molar-refractivity contribution in [3.63, 3.8) is 0 Å². The van der Waals surface area contributed by atoms with Crippen LogP contribution < -0.4 is 4.72 Å². The van der Waals surface area contributed by atoms with Crippen molar-refractivity contribution in [2.75, 3.05) is 7.05 Å². The van der Waals surface area contributed by atoms with Gasteiger partial charge in [0.1, 0.15) is 0 Å². The number of likely N-dealkylation sites (N-methyl/N-ethyl adjacent to an activating group) is 1. The largest absolute Gasteiger partial charge is 0.569 e. The molecule has 262 valence electrons. The van der Waals surface area contributed by atoms with Gasteiger partial charge in [0, 0.05) is 12.5 Å². The van der Waals surface area contributed by atoms with E-state index in [0.29, 0.717) is 12.0 Å². The predicted octanol–water partition coefficient (Wildman–Crippen LogP) is 5.73. The van der Waals surface area contributed by atoms with E-state index in [0.717, 1.165) is 33.5 Å². The Morgan fingerprint density at radius 3 is 2.21 bits per heavy atom. The van der Waals surface area contributed by atoms with E-state index in [1.54, 1.807) is 52.0 Å². The van der Waals surface area contributed by atoms with Crippen molar-refractivity contribution in [1.82, 2.24) is 19.5 Å². The number of hydrogen-bond acceptors (Lipinski definition) is 10. The number of sulfonamides is 1. The first kappa shape index (κ1) is 37.6. The third kappa shape index (κ3) is 9.58. The highest BCUT2D eigenvalue weighted by atomic mass is 32.2. The summed E-state index contributed by atoms with van der Waals surface area (Å²) in [6, 6.07) is 11.0. The molecule has 0 aliphatic heterocycles. The normalized spacial score (nSPS) is 14.2. The van der Waals surface area contributed by atoms with Gasteiger partial charge in [0.25, 0.3) is 22.2 Å². The van der Waals surface area contributed by atoms with Crippen LogP contribution in [0, 0.1) is 18.0 Å². The van der Waals surface area contributed by atoms with Crippen LogP contribution in [0.2, 0.25) is 0 Å². The highest BCUT2D eigenvalue weighted by Crippen LogP contribution is 2.33. The van der Waals surface area contributed by atoms with E-state index in [-0.39, 0.29) is 21.2 Å². The van der Waals surface area contributed by atoms with Crippen LogP contribution in [0.3, 0.4) is 0 Å². The third-order valence-corrected chi connectivity index (χ3v) is 8.32. The molecular formula is C30H37F3N6O8S. The smallest absolute Gasteiger partial charge is 0.511 e. The number of amides is 1. The predicted molar refractivity (Wildman–Crippen MR) is 164 cm³/mol. The Balaban J connectivity index is 1.82. The van der Waals surface area contributed by atoms with Gasteiger partial charge in [0.05, 0.1) is 34.4 Å². The van der Waals surface area contributed by atoms with Crippen LogP contribution in [0.1, 0.15) is 52.3 Å². The zero-order chi connectivity index (χ0) is 36.0.